The Morgan fingerprint density at radius 3 is 2.71 bits per heavy atom. The summed E-state index contributed by atoms with van der Waals surface area (Å²) in [5, 5.41) is 0. The molecule has 21 heavy (non-hydrogen) atoms. The molecule has 0 amide bonds. The van der Waals surface area contributed by atoms with Crippen LogP contribution < -0.4 is 0 Å². The second-order valence-corrected chi connectivity index (χ2v) is 5.97. The van der Waals surface area contributed by atoms with Crippen LogP contribution in [0.4, 0.5) is 4.39 Å². The molecular weight excluding hydrogens is 357 g/mol. The molecule has 0 unspecified atom stereocenters. The molecule has 0 aliphatic rings. The molecule has 0 N–H and O–H groups in total. The topological polar surface area (TPSA) is 30.7 Å². The fourth-order valence-corrected chi connectivity index (χ4v) is 2.83. The lowest BCUT2D eigenvalue weighted by Gasteiger charge is -2.12. The molecule has 0 bridgehead atoms. The first-order chi connectivity index (χ1) is 10.0. The van der Waals surface area contributed by atoms with Gasteiger partial charge in [0.2, 0.25) is 0 Å². The fourth-order valence-electron chi connectivity index (χ4n) is 2.32. The van der Waals surface area contributed by atoms with Crippen molar-refractivity contribution in [2.24, 2.45) is 0 Å². The van der Waals surface area contributed by atoms with Gasteiger partial charge in [-0.15, -0.1) is 11.6 Å². The van der Waals surface area contributed by atoms with E-state index in [2.05, 4.69) is 25.9 Å². The number of halogens is 3. The molecule has 0 radical (unpaired) electrons. The SMILES string of the molecule is Cc1ccc2nc(CCl)n(-c3cc(Br)c(F)cc3C)c2n1. The Hall–Kier alpha value is -1.46. The zero-order valence-corrected chi connectivity index (χ0v) is 13.8. The molecule has 0 aliphatic carbocycles. The van der Waals surface area contributed by atoms with Crippen LogP contribution in [0, 0.1) is 19.7 Å². The van der Waals surface area contributed by atoms with E-state index >= 15 is 0 Å². The molecule has 0 fully saturated rings. The third-order valence-electron chi connectivity index (χ3n) is 3.31. The van der Waals surface area contributed by atoms with Crippen LogP contribution >= 0.6 is 27.5 Å². The molecule has 0 spiro atoms. The second-order valence-electron chi connectivity index (χ2n) is 4.85. The Labute approximate surface area is 134 Å². The minimum absolute atomic E-state index is 0.254. The van der Waals surface area contributed by atoms with Crippen molar-refractivity contribution in [2.75, 3.05) is 0 Å². The van der Waals surface area contributed by atoms with Gasteiger partial charge in [0.1, 0.15) is 17.2 Å². The van der Waals surface area contributed by atoms with Crippen LogP contribution in [0.1, 0.15) is 17.1 Å². The summed E-state index contributed by atoms with van der Waals surface area (Å²) in [4.78, 5) is 9.05. The van der Waals surface area contributed by atoms with Crippen LogP contribution in [-0.2, 0) is 5.88 Å². The zero-order valence-electron chi connectivity index (χ0n) is 11.5. The molecule has 0 atom stereocenters. The van der Waals surface area contributed by atoms with Crippen molar-refractivity contribution in [3.05, 3.63) is 51.6 Å². The summed E-state index contributed by atoms with van der Waals surface area (Å²) < 4.78 is 15.9. The van der Waals surface area contributed by atoms with Crippen LogP contribution in [0.15, 0.2) is 28.7 Å². The van der Waals surface area contributed by atoms with E-state index in [1.807, 2.05) is 30.5 Å². The molecule has 2 heterocycles. The van der Waals surface area contributed by atoms with E-state index in [0.717, 1.165) is 28.1 Å². The molecule has 2 aromatic heterocycles. The highest BCUT2D eigenvalue weighted by molar-refractivity contribution is 9.10. The number of nitrogens with zero attached hydrogens (tertiary/aromatic N) is 3. The van der Waals surface area contributed by atoms with E-state index in [1.54, 1.807) is 6.07 Å². The molecule has 3 nitrogen and oxygen atoms in total. The van der Waals surface area contributed by atoms with Crippen molar-refractivity contribution in [3.63, 3.8) is 0 Å². The summed E-state index contributed by atoms with van der Waals surface area (Å²) in [5.74, 6) is 0.646. The summed E-state index contributed by atoms with van der Waals surface area (Å²) in [6, 6.07) is 7.04. The van der Waals surface area contributed by atoms with Crippen molar-refractivity contribution >= 4 is 38.7 Å². The van der Waals surface area contributed by atoms with Crippen LogP contribution in [-0.4, -0.2) is 14.5 Å². The summed E-state index contributed by atoms with van der Waals surface area (Å²) in [6.07, 6.45) is 0. The van der Waals surface area contributed by atoms with Gasteiger partial charge in [0.05, 0.1) is 16.0 Å². The van der Waals surface area contributed by atoms with E-state index in [0.29, 0.717) is 10.3 Å². The number of fused-ring (bicyclic) bond motifs is 1. The lowest BCUT2D eigenvalue weighted by molar-refractivity contribution is 0.619. The Morgan fingerprint density at radius 1 is 1.24 bits per heavy atom. The van der Waals surface area contributed by atoms with Crippen LogP contribution in [0.3, 0.4) is 0 Å². The van der Waals surface area contributed by atoms with E-state index in [1.165, 1.54) is 6.07 Å². The van der Waals surface area contributed by atoms with Crippen molar-refractivity contribution in [1.82, 2.24) is 14.5 Å². The highest BCUT2D eigenvalue weighted by Crippen LogP contribution is 2.28. The maximum Gasteiger partial charge on any atom is 0.164 e. The minimum atomic E-state index is -0.294. The van der Waals surface area contributed by atoms with Gasteiger partial charge in [0.25, 0.3) is 0 Å². The number of aryl methyl sites for hydroxylation is 2. The third-order valence-corrected chi connectivity index (χ3v) is 4.16. The van der Waals surface area contributed by atoms with Gasteiger partial charge in [0, 0.05) is 5.69 Å². The summed E-state index contributed by atoms with van der Waals surface area (Å²) in [7, 11) is 0. The number of alkyl halides is 1. The van der Waals surface area contributed by atoms with Gasteiger partial charge in [-0.25, -0.2) is 14.4 Å². The average Bonchev–Trinajstić information content (AvgIpc) is 2.80. The molecule has 108 valence electrons. The van der Waals surface area contributed by atoms with Crippen LogP contribution in [0.2, 0.25) is 0 Å². The van der Waals surface area contributed by atoms with Gasteiger partial charge >= 0.3 is 0 Å². The Morgan fingerprint density at radius 2 is 2.00 bits per heavy atom. The summed E-state index contributed by atoms with van der Waals surface area (Å²) in [5.41, 5.74) is 4.01. The van der Waals surface area contributed by atoms with E-state index in [4.69, 9.17) is 11.6 Å². The Bertz CT molecular complexity index is 845. The molecule has 0 saturated heterocycles. The predicted octanol–water partition coefficient (Wildman–Crippen LogP) is 4.68. The van der Waals surface area contributed by atoms with Crippen molar-refractivity contribution < 1.29 is 4.39 Å². The summed E-state index contributed by atoms with van der Waals surface area (Å²) in [6.45, 7) is 3.77. The molecule has 3 rings (SSSR count). The standard InChI is InChI=1S/C15H12BrClFN3/c1-8-5-11(18)10(16)6-13(8)21-14(7-17)20-12-4-3-9(2)19-15(12)21/h3-6H,7H2,1-2H3. The number of hydrogen-bond donors (Lipinski definition) is 0. The largest absolute Gasteiger partial charge is 0.279 e. The monoisotopic (exact) mass is 367 g/mol. The summed E-state index contributed by atoms with van der Waals surface area (Å²) >= 11 is 9.25. The maximum atomic E-state index is 13.6. The number of aromatic nitrogens is 3. The Balaban J connectivity index is 2.38. The van der Waals surface area contributed by atoms with E-state index < -0.39 is 0 Å². The number of rotatable bonds is 2. The smallest absolute Gasteiger partial charge is 0.164 e. The lowest BCUT2D eigenvalue weighted by Crippen LogP contribution is -2.03. The highest BCUT2D eigenvalue weighted by atomic mass is 79.9. The first-order valence-electron chi connectivity index (χ1n) is 6.38. The number of benzene rings is 1. The maximum absolute atomic E-state index is 13.6. The number of pyridine rings is 1. The van der Waals surface area contributed by atoms with Crippen molar-refractivity contribution in [3.8, 4) is 5.69 Å². The molecule has 6 heteroatoms. The highest BCUT2D eigenvalue weighted by Gasteiger charge is 2.16. The van der Waals surface area contributed by atoms with Crippen molar-refractivity contribution in [2.45, 2.75) is 19.7 Å². The molecular formula is C15H12BrClFN3. The van der Waals surface area contributed by atoms with Gasteiger partial charge in [-0.2, -0.15) is 0 Å². The lowest BCUT2D eigenvalue weighted by atomic mass is 10.2. The molecule has 0 saturated carbocycles. The van der Waals surface area contributed by atoms with Gasteiger partial charge < -0.3 is 0 Å². The van der Waals surface area contributed by atoms with E-state index in [-0.39, 0.29) is 11.7 Å². The van der Waals surface area contributed by atoms with E-state index in [9.17, 15) is 4.39 Å². The quantitative estimate of drug-likeness (QED) is 0.615. The Kier molecular flexibility index (Phi) is 3.71. The normalized spacial score (nSPS) is 11.3. The number of hydrogen-bond acceptors (Lipinski definition) is 2. The third kappa shape index (κ3) is 2.45. The molecule has 0 aliphatic heterocycles. The van der Waals surface area contributed by atoms with Crippen molar-refractivity contribution in [1.29, 1.82) is 0 Å². The minimum Gasteiger partial charge on any atom is -0.279 e. The average molecular weight is 369 g/mol. The van der Waals surface area contributed by atoms with Gasteiger partial charge in [-0.1, -0.05) is 0 Å². The zero-order chi connectivity index (χ0) is 15.1. The van der Waals surface area contributed by atoms with Crippen LogP contribution in [0.5, 0.6) is 0 Å². The van der Waals surface area contributed by atoms with Gasteiger partial charge in [0.15, 0.2) is 5.65 Å². The first-order valence-corrected chi connectivity index (χ1v) is 7.71. The first kappa shape index (κ1) is 14.5. The molecule has 3 aromatic rings. The molecule has 1 aromatic carbocycles. The van der Waals surface area contributed by atoms with Gasteiger partial charge in [-0.3, -0.25) is 4.57 Å². The fraction of sp³-hybridized carbons (Fsp3) is 0.200. The van der Waals surface area contributed by atoms with Gasteiger partial charge in [-0.05, 0) is 59.6 Å². The van der Waals surface area contributed by atoms with Crippen LogP contribution in [0.25, 0.3) is 16.9 Å². The number of imidazole rings is 1. The second kappa shape index (κ2) is 5.39. The predicted molar refractivity (Wildman–Crippen MR) is 85.6 cm³/mol.